The summed E-state index contributed by atoms with van der Waals surface area (Å²) in [5.74, 6) is -4.09. The van der Waals surface area contributed by atoms with Crippen LogP contribution in [-0.4, -0.2) is 89.9 Å². The third kappa shape index (κ3) is 11.2. The van der Waals surface area contributed by atoms with Gasteiger partial charge in [0.15, 0.2) is 0 Å². The Hall–Kier alpha value is -3.65. The van der Waals surface area contributed by atoms with Crippen molar-refractivity contribution in [3.05, 3.63) is 12.7 Å². The molecule has 5 amide bonds. The van der Waals surface area contributed by atoms with Crippen molar-refractivity contribution in [3.63, 3.8) is 0 Å². The number of likely N-dealkylation sites (tertiary alicyclic amines) is 1. The number of Topliss-reactive ketones (excluding diaryl/α,β-unsaturated/α-hetero) is 1. The van der Waals surface area contributed by atoms with Gasteiger partial charge in [0.2, 0.25) is 17.6 Å². The highest BCUT2D eigenvalue weighted by molar-refractivity contribution is 6.38. The quantitative estimate of drug-likeness (QED) is 0.110. The van der Waals surface area contributed by atoms with Crippen molar-refractivity contribution in [1.82, 2.24) is 26.2 Å². The zero-order valence-electron chi connectivity index (χ0n) is 28.4. The third-order valence-corrected chi connectivity index (χ3v) is 8.84. The minimum atomic E-state index is -4.65. The first kappa shape index (κ1) is 38.8. The van der Waals surface area contributed by atoms with Crippen LogP contribution in [0.25, 0.3) is 0 Å². The fourth-order valence-electron chi connectivity index (χ4n) is 5.82. The molecule has 0 aromatic heterocycles. The molecule has 270 valence electrons. The molecule has 0 radical (unpaired) electrons. The molecule has 4 N–H and O–H groups in total. The summed E-state index contributed by atoms with van der Waals surface area (Å²) in [5, 5.41) is 9.80. The summed E-state index contributed by atoms with van der Waals surface area (Å²) in [6.07, 6.45) is -1.26. The van der Waals surface area contributed by atoms with Gasteiger partial charge in [-0.05, 0) is 68.1 Å². The number of ketones is 1. The highest BCUT2D eigenvalue weighted by Crippen LogP contribution is 2.46. The van der Waals surface area contributed by atoms with Crippen molar-refractivity contribution in [3.8, 4) is 0 Å². The first-order valence-corrected chi connectivity index (χ1v) is 16.7. The normalized spacial score (nSPS) is 20.0. The molecule has 48 heavy (non-hydrogen) atoms. The first-order valence-electron chi connectivity index (χ1n) is 16.7. The Kier molecular flexibility index (Phi) is 13.1. The van der Waals surface area contributed by atoms with Crippen LogP contribution in [0.1, 0.15) is 86.0 Å². The maximum Gasteiger partial charge on any atom is 0.389 e. The van der Waals surface area contributed by atoms with Gasteiger partial charge in [0.25, 0.3) is 5.91 Å². The number of nitrogens with one attached hydrogen (secondary N) is 4. The average Bonchev–Trinajstić information content (AvgIpc) is 3.94. The summed E-state index contributed by atoms with van der Waals surface area (Å²) in [7, 11) is 0. The number of nitrogens with zero attached hydrogens (tertiary/aromatic N) is 1. The van der Waals surface area contributed by atoms with E-state index in [0.717, 1.165) is 25.7 Å². The van der Waals surface area contributed by atoms with E-state index in [0.29, 0.717) is 18.3 Å². The maximum absolute atomic E-state index is 13.9. The van der Waals surface area contributed by atoms with E-state index in [2.05, 4.69) is 27.8 Å². The van der Waals surface area contributed by atoms with Crippen LogP contribution in [0.3, 0.4) is 0 Å². The van der Waals surface area contributed by atoms with Crippen molar-refractivity contribution < 1.29 is 46.7 Å². The van der Waals surface area contributed by atoms with E-state index in [1.165, 1.54) is 11.0 Å². The number of rotatable bonds is 16. The molecule has 1 heterocycles. The van der Waals surface area contributed by atoms with Crippen LogP contribution in [0, 0.1) is 23.2 Å². The van der Waals surface area contributed by atoms with Gasteiger partial charge in [0, 0.05) is 19.5 Å². The van der Waals surface area contributed by atoms with E-state index < -0.39 is 84.1 Å². The molecule has 0 aromatic carbocycles. The minimum absolute atomic E-state index is 0.106. The number of halogens is 3. The molecule has 0 bridgehead atoms. The van der Waals surface area contributed by atoms with Crippen LogP contribution in [0.5, 0.6) is 0 Å². The van der Waals surface area contributed by atoms with E-state index in [4.69, 9.17) is 4.74 Å². The van der Waals surface area contributed by atoms with Crippen molar-refractivity contribution in [1.29, 1.82) is 0 Å². The zero-order chi connectivity index (χ0) is 36.0. The molecule has 15 heteroatoms. The summed E-state index contributed by atoms with van der Waals surface area (Å²) in [6.45, 7) is 12.1. The van der Waals surface area contributed by atoms with E-state index >= 15 is 0 Å². The topological polar surface area (TPSA) is 163 Å². The van der Waals surface area contributed by atoms with Crippen LogP contribution in [0.4, 0.5) is 18.0 Å². The Balaban J connectivity index is 1.71. The summed E-state index contributed by atoms with van der Waals surface area (Å²) >= 11 is 0. The van der Waals surface area contributed by atoms with Gasteiger partial charge < -0.3 is 30.9 Å². The molecule has 4 atom stereocenters. The number of ether oxygens (including phenoxy) is 1. The second-order valence-electron chi connectivity index (χ2n) is 14.5. The standard InChI is InChI=1S/C33H50F3N5O7/c1-7-16-37-28(44)24(42)21(14-15-33(34,35)36)38-27(43)22-9-8-17-41(22)29(45)26(32(4,5)6)40-31(47)39-23(18(2)3)30(46)48-25(19-10-11-19)20-12-13-20/h7,18-23,25-26H,1,8-17H2,2-6H3,(H,37,44)(H,38,43)(H2,39,40,47)/t21?,22-,23?,26?/m0/s1. The molecular formula is C33H50F3N5O7. The van der Waals surface area contributed by atoms with Gasteiger partial charge in [-0.2, -0.15) is 13.2 Å². The molecule has 0 aromatic rings. The number of carbonyl (C=O) groups is 6. The van der Waals surface area contributed by atoms with Crippen molar-refractivity contribution in [2.75, 3.05) is 13.1 Å². The van der Waals surface area contributed by atoms with Crippen LogP contribution in [0.15, 0.2) is 12.7 Å². The van der Waals surface area contributed by atoms with Crippen LogP contribution >= 0.6 is 0 Å². The van der Waals surface area contributed by atoms with E-state index in [1.54, 1.807) is 34.6 Å². The van der Waals surface area contributed by atoms with E-state index in [1.807, 2.05) is 0 Å². The highest BCUT2D eigenvalue weighted by Gasteiger charge is 2.46. The molecule has 3 rings (SSSR count). The highest BCUT2D eigenvalue weighted by atomic mass is 19.4. The Bertz CT molecular complexity index is 1210. The lowest BCUT2D eigenvalue weighted by molar-refractivity contribution is -0.155. The summed E-state index contributed by atoms with van der Waals surface area (Å²) < 4.78 is 45.0. The fraction of sp³-hybridized carbons (Fsp3) is 0.758. The molecule has 3 unspecified atom stereocenters. The van der Waals surface area contributed by atoms with E-state index in [-0.39, 0.29) is 31.5 Å². The number of amides is 5. The van der Waals surface area contributed by atoms with Crippen molar-refractivity contribution in [2.45, 2.75) is 122 Å². The Morgan fingerprint density at radius 3 is 2.04 bits per heavy atom. The van der Waals surface area contributed by atoms with Gasteiger partial charge in [-0.15, -0.1) is 6.58 Å². The van der Waals surface area contributed by atoms with Gasteiger partial charge >= 0.3 is 18.2 Å². The van der Waals surface area contributed by atoms with Gasteiger partial charge in [-0.25, -0.2) is 9.59 Å². The summed E-state index contributed by atoms with van der Waals surface area (Å²) in [5.41, 5.74) is -0.872. The molecule has 2 aliphatic carbocycles. The minimum Gasteiger partial charge on any atom is -0.460 e. The molecule has 1 aliphatic heterocycles. The summed E-state index contributed by atoms with van der Waals surface area (Å²) in [6, 6.07) is -5.87. The lowest BCUT2D eigenvalue weighted by Crippen LogP contribution is -2.61. The van der Waals surface area contributed by atoms with Gasteiger partial charge in [0.1, 0.15) is 24.2 Å². The van der Waals surface area contributed by atoms with E-state index in [9.17, 15) is 41.9 Å². The number of urea groups is 1. The fourth-order valence-corrected chi connectivity index (χ4v) is 5.82. The zero-order valence-corrected chi connectivity index (χ0v) is 28.4. The number of esters is 1. The van der Waals surface area contributed by atoms with Gasteiger partial charge in [0.05, 0.1) is 6.04 Å². The third-order valence-electron chi connectivity index (χ3n) is 8.84. The molecule has 1 saturated heterocycles. The average molecular weight is 686 g/mol. The Labute approximate surface area is 279 Å². The van der Waals surface area contributed by atoms with Crippen molar-refractivity contribution in [2.24, 2.45) is 23.2 Å². The van der Waals surface area contributed by atoms with Crippen LogP contribution in [-0.2, 0) is 28.7 Å². The predicted octanol–water partition coefficient (Wildman–Crippen LogP) is 3.15. The molecule has 0 spiro atoms. The number of hydrogen-bond acceptors (Lipinski definition) is 7. The van der Waals surface area contributed by atoms with Crippen LogP contribution < -0.4 is 21.3 Å². The molecular weight excluding hydrogens is 635 g/mol. The second kappa shape index (κ2) is 16.2. The Morgan fingerprint density at radius 1 is 0.938 bits per heavy atom. The molecule has 2 saturated carbocycles. The second-order valence-corrected chi connectivity index (χ2v) is 14.5. The number of hydrogen-bond donors (Lipinski definition) is 4. The molecule has 12 nitrogen and oxygen atoms in total. The molecule has 3 fully saturated rings. The maximum atomic E-state index is 13.9. The summed E-state index contributed by atoms with van der Waals surface area (Å²) in [4.78, 5) is 79.9. The SMILES string of the molecule is C=CCNC(=O)C(=O)C(CCC(F)(F)F)NC(=O)[C@@H]1CCCN1C(=O)C(NC(=O)NC(C(=O)OC(C1CC1)C1CC1)C(C)C)C(C)(C)C. The predicted molar refractivity (Wildman–Crippen MR) is 169 cm³/mol. The smallest absolute Gasteiger partial charge is 0.389 e. The largest absolute Gasteiger partial charge is 0.460 e. The van der Waals surface area contributed by atoms with Gasteiger partial charge in [-0.3, -0.25) is 19.2 Å². The lowest BCUT2D eigenvalue weighted by atomic mass is 9.85. The van der Waals surface area contributed by atoms with Crippen LogP contribution in [0.2, 0.25) is 0 Å². The van der Waals surface area contributed by atoms with Crippen molar-refractivity contribution >= 4 is 35.5 Å². The first-order chi connectivity index (χ1) is 22.3. The van der Waals surface area contributed by atoms with Gasteiger partial charge in [-0.1, -0.05) is 40.7 Å². The number of carbonyl (C=O) groups excluding carboxylic acids is 6. The molecule has 3 aliphatic rings. The monoisotopic (exact) mass is 685 g/mol. The Morgan fingerprint density at radius 2 is 1.54 bits per heavy atom. The lowest BCUT2D eigenvalue weighted by Gasteiger charge is -2.36. The number of alkyl halides is 3.